The number of carbonyl (C=O) groups excluding carboxylic acids is 1. The molecule has 1 aliphatic carbocycles. The molecule has 2 aliphatic rings. The lowest BCUT2D eigenvalue weighted by Gasteiger charge is -2.31. The highest BCUT2D eigenvalue weighted by Gasteiger charge is 2.56. The summed E-state index contributed by atoms with van der Waals surface area (Å²) in [5.74, 6) is 0.917. The van der Waals surface area contributed by atoms with Crippen LogP contribution in [0.2, 0.25) is 0 Å². The number of ether oxygens (including phenoxy) is 1. The average molecular weight is 350 g/mol. The Balaban J connectivity index is 2.11. The Bertz CT molecular complexity index is 329. The van der Waals surface area contributed by atoms with Gasteiger partial charge in [0, 0.05) is 21.6 Å². The molecular formula is C12H15IO2S. The fourth-order valence-electron chi connectivity index (χ4n) is 2.98. The molecule has 1 heterocycles. The maximum atomic E-state index is 11.4. The minimum Gasteiger partial charge on any atom is -0.458 e. The van der Waals surface area contributed by atoms with Gasteiger partial charge in [0.25, 0.3) is 0 Å². The van der Waals surface area contributed by atoms with Crippen molar-refractivity contribution in [3.63, 3.8) is 0 Å². The van der Waals surface area contributed by atoms with Crippen molar-refractivity contribution in [2.45, 2.75) is 31.3 Å². The number of thiocarbonyl (C=S) groups is 1. The van der Waals surface area contributed by atoms with Gasteiger partial charge in [-0.1, -0.05) is 47.0 Å². The first-order valence-corrected chi connectivity index (χ1v) is 7.60. The lowest BCUT2D eigenvalue weighted by molar-refractivity contribution is -0.150. The Kier molecular flexibility index (Phi) is 4.00. The molecule has 0 aromatic rings. The monoisotopic (exact) mass is 350 g/mol. The first-order valence-electron chi connectivity index (χ1n) is 5.61. The van der Waals surface area contributed by atoms with E-state index >= 15 is 0 Å². The molecule has 4 heteroatoms. The lowest BCUT2D eigenvalue weighted by atomic mass is 9.84. The van der Waals surface area contributed by atoms with E-state index in [4.69, 9.17) is 17.0 Å². The highest BCUT2D eigenvalue weighted by molar-refractivity contribution is 14.1. The number of halogens is 1. The number of hydrogen-bond donors (Lipinski definition) is 0. The predicted octanol–water partition coefficient (Wildman–Crippen LogP) is 3.08. The van der Waals surface area contributed by atoms with Crippen molar-refractivity contribution in [3.8, 4) is 0 Å². The molecule has 16 heavy (non-hydrogen) atoms. The normalized spacial score (nSPS) is 37.7. The van der Waals surface area contributed by atoms with E-state index in [1.807, 2.05) is 6.08 Å². The molecule has 88 valence electrons. The van der Waals surface area contributed by atoms with E-state index in [1.165, 1.54) is 6.42 Å². The molecule has 0 N–H and O–H groups in total. The van der Waals surface area contributed by atoms with Crippen molar-refractivity contribution < 1.29 is 9.53 Å². The highest BCUT2D eigenvalue weighted by Crippen LogP contribution is 2.51. The molecule has 0 unspecified atom stereocenters. The number of fused-ring (bicyclic) bond motifs is 1. The van der Waals surface area contributed by atoms with Crippen LogP contribution in [0.15, 0.2) is 12.2 Å². The third-order valence-electron chi connectivity index (χ3n) is 3.81. The van der Waals surface area contributed by atoms with Crippen molar-refractivity contribution in [3.05, 3.63) is 12.2 Å². The summed E-state index contributed by atoms with van der Waals surface area (Å²) in [4.78, 5) is 11.4. The summed E-state index contributed by atoms with van der Waals surface area (Å²) in [5.41, 5.74) is -0.177. The van der Waals surface area contributed by atoms with Gasteiger partial charge < -0.3 is 4.74 Å². The summed E-state index contributed by atoms with van der Waals surface area (Å²) < 4.78 is 6.56. The molecular weight excluding hydrogens is 335 g/mol. The number of carbonyl (C=O) groups is 1. The summed E-state index contributed by atoms with van der Waals surface area (Å²) in [7, 11) is 0. The smallest absolute Gasteiger partial charge is 0.306 e. The van der Waals surface area contributed by atoms with E-state index in [9.17, 15) is 4.79 Å². The van der Waals surface area contributed by atoms with Crippen LogP contribution >= 0.6 is 34.8 Å². The molecule has 2 fully saturated rings. The summed E-state index contributed by atoms with van der Waals surface area (Å²) in [6, 6.07) is 0. The number of rotatable bonds is 4. The topological polar surface area (TPSA) is 26.3 Å². The van der Waals surface area contributed by atoms with Gasteiger partial charge in [-0.3, -0.25) is 4.79 Å². The average Bonchev–Trinajstić information content (AvgIpc) is 2.75. The second kappa shape index (κ2) is 5.12. The standard InChI is InChI=1S/C12H15IO2S/c13-8-12-9(3-1-2-6-16)4-5-10(12)7-11(14)15-12/h1-2,6,9-10H,3-5,7-8H2/b2-1+/t9-,10+,12+/m1/s1. The number of esters is 1. The summed E-state index contributed by atoms with van der Waals surface area (Å²) >= 11 is 7.12. The van der Waals surface area contributed by atoms with E-state index in [1.54, 1.807) is 5.37 Å². The van der Waals surface area contributed by atoms with Crippen LogP contribution in [-0.2, 0) is 9.53 Å². The Morgan fingerprint density at radius 2 is 2.38 bits per heavy atom. The van der Waals surface area contributed by atoms with Crippen LogP contribution in [0.1, 0.15) is 25.7 Å². The maximum Gasteiger partial charge on any atom is 0.306 e. The van der Waals surface area contributed by atoms with Crippen LogP contribution in [0.3, 0.4) is 0 Å². The molecule has 0 aromatic carbocycles. The Morgan fingerprint density at radius 1 is 1.56 bits per heavy atom. The van der Waals surface area contributed by atoms with Crippen molar-refractivity contribution in [2.24, 2.45) is 11.8 Å². The molecule has 0 aromatic heterocycles. The van der Waals surface area contributed by atoms with E-state index in [-0.39, 0.29) is 11.6 Å². The van der Waals surface area contributed by atoms with E-state index < -0.39 is 0 Å². The summed E-state index contributed by atoms with van der Waals surface area (Å²) in [6.07, 6.45) is 7.89. The maximum absolute atomic E-state index is 11.4. The van der Waals surface area contributed by atoms with Crippen molar-refractivity contribution in [2.75, 3.05) is 4.43 Å². The van der Waals surface area contributed by atoms with Gasteiger partial charge in [0.15, 0.2) is 0 Å². The molecule has 1 saturated carbocycles. The first-order chi connectivity index (χ1) is 7.73. The van der Waals surface area contributed by atoms with Crippen LogP contribution in [0.4, 0.5) is 0 Å². The Morgan fingerprint density at radius 3 is 3.06 bits per heavy atom. The minimum absolute atomic E-state index is 0.00910. The van der Waals surface area contributed by atoms with Gasteiger partial charge >= 0.3 is 5.97 Å². The molecule has 2 nitrogen and oxygen atoms in total. The third-order valence-corrected chi connectivity index (χ3v) is 5.16. The zero-order chi connectivity index (χ0) is 11.6. The van der Waals surface area contributed by atoms with Crippen LogP contribution in [-0.4, -0.2) is 21.4 Å². The second-order valence-corrected chi connectivity index (χ2v) is 5.57. The van der Waals surface area contributed by atoms with E-state index in [0.29, 0.717) is 18.3 Å². The van der Waals surface area contributed by atoms with E-state index in [0.717, 1.165) is 17.3 Å². The predicted molar refractivity (Wildman–Crippen MR) is 76.0 cm³/mol. The highest BCUT2D eigenvalue weighted by atomic mass is 127. The zero-order valence-corrected chi connectivity index (χ0v) is 12.0. The molecule has 2 rings (SSSR count). The first kappa shape index (κ1) is 12.5. The Hall–Kier alpha value is 0.0300. The molecule has 1 aliphatic heterocycles. The van der Waals surface area contributed by atoms with Crippen LogP contribution in [0.25, 0.3) is 0 Å². The third kappa shape index (κ3) is 2.06. The summed E-state index contributed by atoms with van der Waals surface area (Å²) in [5, 5.41) is 1.63. The largest absolute Gasteiger partial charge is 0.458 e. The molecule has 0 bridgehead atoms. The van der Waals surface area contributed by atoms with Crippen molar-refractivity contribution >= 4 is 46.1 Å². The van der Waals surface area contributed by atoms with Crippen molar-refractivity contribution in [1.29, 1.82) is 0 Å². The van der Waals surface area contributed by atoms with E-state index in [2.05, 4.69) is 28.7 Å². The van der Waals surface area contributed by atoms with Gasteiger partial charge in [0.2, 0.25) is 0 Å². The van der Waals surface area contributed by atoms with Gasteiger partial charge in [0.1, 0.15) is 5.60 Å². The Labute approximate surface area is 115 Å². The quantitative estimate of drug-likeness (QED) is 0.256. The van der Waals surface area contributed by atoms with Gasteiger partial charge in [-0.15, -0.1) is 0 Å². The van der Waals surface area contributed by atoms with Crippen LogP contribution in [0.5, 0.6) is 0 Å². The van der Waals surface area contributed by atoms with Gasteiger partial charge in [-0.2, -0.15) is 0 Å². The molecule has 3 atom stereocenters. The number of allylic oxidation sites excluding steroid dienone is 2. The zero-order valence-electron chi connectivity index (χ0n) is 9.02. The second-order valence-electron chi connectivity index (χ2n) is 4.54. The SMILES string of the molecule is O=C1C[C@@H]2CC[C@@H](C/C=C/C=S)[C@]2(CI)O1. The number of hydrogen-bond acceptors (Lipinski definition) is 3. The lowest BCUT2D eigenvalue weighted by Crippen LogP contribution is -2.40. The molecule has 0 spiro atoms. The van der Waals surface area contributed by atoms with Gasteiger partial charge in [-0.25, -0.2) is 0 Å². The fraction of sp³-hybridized carbons (Fsp3) is 0.667. The number of alkyl halides is 1. The van der Waals surface area contributed by atoms with Gasteiger partial charge in [-0.05, 0) is 19.3 Å². The molecule has 0 amide bonds. The van der Waals surface area contributed by atoms with Crippen LogP contribution in [0, 0.1) is 11.8 Å². The molecule has 1 saturated heterocycles. The molecule has 0 radical (unpaired) electrons. The van der Waals surface area contributed by atoms with Gasteiger partial charge in [0.05, 0.1) is 6.42 Å². The van der Waals surface area contributed by atoms with Crippen molar-refractivity contribution in [1.82, 2.24) is 0 Å². The summed E-state index contributed by atoms with van der Waals surface area (Å²) in [6.45, 7) is 0. The fourth-order valence-corrected chi connectivity index (χ4v) is 4.49. The van der Waals surface area contributed by atoms with Crippen LogP contribution < -0.4 is 0 Å². The minimum atomic E-state index is -0.177.